The summed E-state index contributed by atoms with van der Waals surface area (Å²) >= 11 is 0. The van der Waals surface area contributed by atoms with Crippen molar-refractivity contribution in [2.75, 3.05) is 0 Å². The quantitative estimate of drug-likeness (QED) is 0.683. The molecule has 0 saturated heterocycles. The minimum Gasteiger partial charge on any atom is -0.294 e. The Morgan fingerprint density at radius 1 is 1.13 bits per heavy atom. The van der Waals surface area contributed by atoms with Crippen LogP contribution in [0.15, 0.2) is 24.3 Å². The van der Waals surface area contributed by atoms with Gasteiger partial charge in [-0.25, -0.2) is 0 Å². The van der Waals surface area contributed by atoms with E-state index in [0.29, 0.717) is 5.92 Å². The molecule has 1 aromatic rings. The molecule has 0 N–H and O–H groups in total. The lowest BCUT2D eigenvalue weighted by Crippen LogP contribution is -2.29. The monoisotopic (exact) mass is 204 g/mol. The maximum Gasteiger partial charge on any atom is 0.168 e. The van der Waals surface area contributed by atoms with Crippen molar-refractivity contribution in [3.63, 3.8) is 0 Å². The molecule has 0 radical (unpaired) electrons. The Balaban J connectivity index is 3.00. The molecule has 0 spiro atoms. The van der Waals surface area contributed by atoms with Gasteiger partial charge in [-0.2, -0.15) is 0 Å². The van der Waals surface area contributed by atoms with E-state index in [1.54, 1.807) is 0 Å². The standard InChI is InChI=1S/C14H20O/c1-10(2)14(4,5)13(15)12-8-6-11(3)7-9-12/h6-10H,1-5H3. The highest BCUT2D eigenvalue weighted by Crippen LogP contribution is 2.30. The smallest absolute Gasteiger partial charge is 0.168 e. The highest BCUT2D eigenvalue weighted by molar-refractivity contribution is 6.00. The highest BCUT2D eigenvalue weighted by Gasteiger charge is 2.31. The van der Waals surface area contributed by atoms with Crippen LogP contribution in [0.2, 0.25) is 0 Å². The number of Topliss-reactive ketones (excluding diaryl/α,β-unsaturated/α-hetero) is 1. The van der Waals surface area contributed by atoms with Gasteiger partial charge in [0, 0.05) is 11.0 Å². The van der Waals surface area contributed by atoms with Crippen LogP contribution in [0.4, 0.5) is 0 Å². The van der Waals surface area contributed by atoms with Crippen LogP contribution in [-0.4, -0.2) is 5.78 Å². The molecule has 0 heterocycles. The molecular weight excluding hydrogens is 184 g/mol. The second-order valence-corrected chi connectivity index (χ2v) is 5.07. The number of hydrogen-bond donors (Lipinski definition) is 0. The summed E-state index contributed by atoms with van der Waals surface area (Å²) in [5.74, 6) is 0.587. The van der Waals surface area contributed by atoms with Crippen LogP contribution < -0.4 is 0 Å². The van der Waals surface area contributed by atoms with Crippen molar-refractivity contribution in [3.8, 4) is 0 Å². The fraction of sp³-hybridized carbons (Fsp3) is 0.500. The molecule has 0 aliphatic rings. The van der Waals surface area contributed by atoms with E-state index in [0.717, 1.165) is 5.56 Å². The van der Waals surface area contributed by atoms with E-state index in [9.17, 15) is 4.79 Å². The van der Waals surface area contributed by atoms with Gasteiger partial charge >= 0.3 is 0 Å². The lowest BCUT2D eigenvalue weighted by Gasteiger charge is -2.27. The van der Waals surface area contributed by atoms with Crippen molar-refractivity contribution in [1.29, 1.82) is 0 Å². The van der Waals surface area contributed by atoms with E-state index in [1.165, 1.54) is 5.56 Å². The molecule has 0 aliphatic heterocycles. The van der Waals surface area contributed by atoms with E-state index in [1.807, 2.05) is 45.0 Å². The number of carbonyl (C=O) groups is 1. The van der Waals surface area contributed by atoms with Crippen molar-refractivity contribution in [1.82, 2.24) is 0 Å². The summed E-state index contributed by atoms with van der Waals surface area (Å²) in [6, 6.07) is 7.82. The first kappa shape index (κ1) is 12.0. The van der Waals surface area contributed by atoms with E-state index in [4.69, 9.17) is 0 Å². The second kappa shape index (κ2) is 4.18. The van der Waals surface area contributed by atoms with Crippen molar-refractivity contribution >= 4 is 5.78 Å². The van der Waals surface area contributed by atoms with Crippen LogP contribution in [0.3, 0.4) is 0 Å². The Morgan fingerprint density at radius 3 is 2.00 bits per heavy atom. The topological polar surface area (TPSA) is 17.1 Å². The predicted molar refractivity (Wildman–Crippen MR) is 64.1 cm³/mol. The molecule has 0 saturated carbocycles. The van der Waals surface area contributed by atoms with Crippen LogP contribution in [0.5, 0.6) is 0 Å². The number of aryl methyl sites for hydroxylation is 1. The van der Waals surface area contributed by atoms with Crippen molar-refractivity contribution in [2.24, 2.45) is 11.3 Å². The molecule has 1 heteroatoms. The van der Waals surface area contributed by atoms with E-state index in [-0.39, 0.29) is 11.2 Å². The zero-order chi connectivity index (χ0) is 11.6. The Morgan fingerprint density at radius 2 is 1.60 bits per heavy atom. The van der Waals surface area contributed by atoms with Crippen molar-refractivity contribution in [3.05, 3.63) is 35.4 Å². The lowest BCUT2D eigenvalue weighted by molar-refractivity contribution is 0.0772. The van der Waals surface area contributed by atoms with Crippen molar-refractivity contribution < 1.29 is 4.79 Å². The number of rotatable bonds is 3. The van der Waals surface area contributed by atoms with Crippen LogP contribution in [0.1, 0.15) is 43.6 Å². The zero-order valence-electron chi connectivity index (χ0n) is 10.3. The Bertz CT molecular complexity index is 344. The molecule has 0 aromatic heterocycles. The number of benzene rings is 1. The average molecular weight is 204 g/mol. The third-order valence-corrected chi connectivity index (χ3v) is 3.34. The molecule has 1 aromatic carbocycles. The maximum atomic E-state index is 12.2. The summed E-state index contributed by atoms with van der Waals surface area (Å²) in [4.78, 5) is 12.2. The molecule has 1 rings (SSSR count). The normalized spacial score (nSPS) is 11.9. The second-order valence-electron chi connectivity index (χ2n) is 5.07. The summed E-state index contributed by atoms with van der Waals surface area (Å²) in [7, 11) is 0. The minimum absolute atomic E-state index is 0.234. The molecule has 1 nitrogen and oxygen atoms in total. The molecule has 0 bridgehead atoms. The van der Waals surface area contributed by atoms with Crippen LogP contribution in [-0.2, 0) is 0 Å². The SMILES string of the molecule is Cc1ccc(C(=O)C(C)(C)C(C)C)cc1. The van der Waals surface area contributed by atoms with E-state index >= 15 is 0 Å². The largest absolute Gasteiger partial charge is 0.294 e. The summed E-state index contributed by atoms with van der Waals surface area (Å²) < 4.78 is 0. The van der Waals surface area contributed by atoms with Gasteiger partial charge in [-0.1, -0.05) is 57.5 Å². The first-order valence-corrected chi connectivity index (χ1v) is 5.47. The van der Waals surface area contributed by atoms with Crippen molar-refractivity contribution in [2.45, 2.75) is 34.6 Å². The van der Waals surface area contributed by atoms with Gasteiger partial charge in [-0.15, -0.1) is 0 Å². The zero-order valence-corrected chi connectivity index (χ0v) is 10.3. The molecule has 0 atom stereocenters. The van der Waals surface area contributed by atoms with Gasteiger partial charge in [0.15, 0.2) is 5.78 Å². The number of ketones is 1. The molecule has 0 fully saturated rings. The summed E-state index contributed by atoms with van der Waals surface area (Å²) in [5.41, 5.74) is 1.73. The van der Waals surface area contributed by atoms with Gasteiger partial charge < -0.3 is 0 Å². The van der Waals surface area contributed by atoms with Crippen LogP contribution in [0.25, 0.3) is 0 Å². The van der Waals surface area contributed by atoms with Gasteiger partial charge in [-0.05, 0) is 12.8 Å². The lowest BCUT2D eigenvalue weighted by atomic mass is 9.75. The first-order valence-electron chi connectivity index (χ1n) is 5.47. The first-order chi connectivity index (χ1) is 6.85. The van der Waals surface area contributed by atoms with E-state index < -0.39 is 0 Å². The Labute approximate surface area is 92.5 Å². The van der Waals surface area contributed by atoms with Gasteiger partial charge in [0.05, 0.1) is 0 Å². The third kappa shape index (κ3) is 2.47. The predicted octanol–water partition coefficient (Wildman–Crippen LogP) is 3.86. The van der Waals surface area contributed by atoms with Gasteiger partial charge in [0.2, 0.25) is 0 Å². The summed E-state index contributed by atoms with van der Waals surface area (Å²) in [5, 5.41) is 0. The molecular formula is C14H20O. The van der Waals surface area contributed by atoms with Crippen LogP contribution >= 0.6 is 0 Å². The van der Waals surface area contributed by atoms with Gasteiger partial charge in [0.25, 0.3) is 0 Å². The molecule has 0 unspecified atom stereocenters. The molecule has 15 heavy (non-hydrogen) atoms. The Kier molecular flexibility index (Phi) is 3.33. The molecule has 82 valence electrons. The van der Waals surface area contributed by atoms with Gasteiger partial charge in [-0.3, -0.25) is 4.79 Å². The minimum atomic E-state index is -0.282. The molecule has 0 amide bonds. The summed E-state index contributed by atoms with van der Waals surface area (Å²) in [6.07, 6.45) is 0. The van der Waals surface area contributed by atoms with Crippen LogP contribution in [0, 0.1) is 18.3 Å². The number of carbonyl (C=O) groups excluding carboxylic acids is 1. The average Bonchev–Trinajstić information content (AvgIpc) is 2.17. The molecule has 0 aliphatic carbocycles. The highest BCUT2D eigenvalue weighted by atomic mass is 16.1. The summed E-state index contributed by atoms with van der Waals surface area (Å²) in [6.45, 7) is 10.2. The maximum absolute atomic E-state index is 12.2. The van der Waals surface area contributed by atoms with Gasteiger partial charge in [0.1, 0.15) is 0 Å². The van der Waals surface area contributed by atoms with E-state index in [2.05, 4.69) is 13.8 Å². The fourth-order valence-corrected chi connectivity index (χ4v) is 1.34. The number of hydrogen-bond acceptors (Lipinski definition) is 1. The Hall–Kier alpha value is -1.11. The fourth-order valence-electron chi connectivity index (χ4n) is 1.34. The third-order valence-electron chi connectivity index (χ3n) is 3.34.